The first-order valence-electron chi connectivity index (χ1n) is 7.90. The molecule has 3 aromatic rings. The van der Waals surface area contributed by atoms with Crippen molar-refractivity contribution in [3.8, 4) is 0 Å². The normalized spacial score (nSPS) is 10.1. The number of rotatable bonds is 5. The van der Waals surface area contributed by atoms with Crippen LogP contribution >= 0.6 is 0 Å². The van der Waals surface area contributed by atoms with Gasteiger partial charge in [-0.25, -0.2) is 0 Å². The summed E-state index contributed by atoms with van der Waals surface area (Å²) in [6.07, 6.45) is 1.04. The quantitative estimate of drug-likeness (QED) is 0.513. The number of anilines is 1. The molecule has 0 saturated heterocycles. The average molecular weight is 300 g/mol. The van der Waals surface area contributed by atoms with Gasteiger partial charge in [0.1, 0.15) is 0 Å². The molecule has 0 atom stereocenters. The number of hydrogen-bond donors (Lipinski definition) is 1. The van der Waals surface area contributed by atoms with Crippen molar-refractivity contribution in [3.63, 3.8) is 0 Å². The van der Waals surface area contributed by atoms with Gasteiger partial charge < -0.3 is 0 Å². The molecule has 0 heterocycles. The minimum atomic E-state index is 0.936. The van der Waals surface area contributed by atoms with Crippen LogP contribution in [0.3, 0.4) is 0 Å². The van der Waals surface area contributed by atoms with E-state index in [9.17, 15) is 0 Å². The van der Waals surface area contributed by atoms with Crippen molar-refractivity contribution < 1.29 is 0 Å². The third-order valence-electron chi connectivity index (χ3n) is 3.75. The molecule has 0 aliphatic heterocycles. The smallest absolute Gasteiger partial charge is 0.0977 e. The van der Waals surface area contributed by atoms with E-state index in [-0.39, 0.29) is 0 Å². The molecule has 0 unspecified atom stereocenters. The fourth-order valence-corrected chi connectivity index (χ4v) is 2.42. The summed E-state index contributed by atoms with van der Waals surface area (Å²) in [5.41, 5.74) is 8.62. The van der Waals surface area contributed by atoms with E-state index in [1.807, 2.05) is 36.4 Å². The van der Waals surface area contributed by atoms with Crippen molar-refractivity contribution in [2.45, 2.75) is 13.3 Å². The van der Waals surface area contributed by atoms with Crippen LogP contribution in [0, 0.1) is 0 Å². The van der Waals surface area contributed by atoms with E-state index in [0.717, 1.165) is 28.9 Å². The molecular formula is C21H20N2. The van der Waals surface area contributed by atoms with Crippen molar-refractivity contribution in [2.24, 2.45) is 5.10 Å². The molecule has 0 bridgehead atoms. The molecule has 0 aromatic heterocycles. The average Bonchev–Trinajstić information content (AvgIpc) is 2.64. The second kappa shape index (κ2) is 7.41. The second-order valence-electron chi connectivity index (χ2n) is 5.35. The summed E-state index contributed by atoms with van der Waals surface area (Å²) in [4.78, 5) is 0. The van der Waals surface area contributed by atoms with Crippen LogP contribution < -0.4 is 5.43 Å². The van der Waals surface area contributed by atoms with Crippen molar-refractivity contribution in [3.05, 3.63) is 102 Å². The molecule has 0 spiro atoms. The number of hydrazone groups is 1. The third-order valence-corrected chi connectivity index (χ3v) is 3.75. The zero-order valence-electron chi connectivity index (χ0n) is 13.2. The monoisotopic (exact) mass is 300 g/mol. The molecule has 3 aromatic carbocycles. The molecule has 3 rings (SSSR count). The van der Waals surface area contributed by atoms with Gasteiger partial charge in [0, 0.05) is 11.1 Å². The summed E-state index contributed by atoms with van der Waals surface area (Å²) in [6.45, 7) is 2.16. The lowest BCUT2D eigenvalue weighted by atomic mass is 10.0. The number of benzene rings is 3. The minimum Gasteiger partial charge on any atom is -0.278 e. The predicted molar refractivity (Wildman–Crippen MR) is 98.0 cm³/mol. The maximum Gasteiger partial charge on any atom is 0.0977 e. The molecular weight excluding hydrogens is 280 g/mol. The Morgan fingerprint density at radius 1 is 0.739 bits per heavy atom. The topological polar surface area (TPSA) is 24.4 Å². The van der Waals surface area contributed by atoms with E-state index in [2.05, 4.69) is 66.0 Å². The highest BCUT2D eigenvalue weighted by Gasteiger charge is 2.06. The van der Waals surface area contributed by atoms with Crippen molar-refractivity contribution in [2.75, 3.05) is 5.43 Å². The van der Waals surface area contributed by atoms with Crippen molar-refractivity contribution in [1.82, 2.24) is 0 Å². The van der Waals surface area contributed by atoms with Gasteiger partial charge >= 0.3 is 0 Å². The maximum absolute atomic E-state index is 4.66. The van der Waals surface area contributed by atoms with Crippen LogP contribution in [0.1, 0.15) is 23.6 Å². The van der Waals surface area contributed by atoms with Crippen LogP contribution in [0.15, 0.2) is 90.0 Å². The summed E-state index contributed by atoms with van der Waals surface area (Å²) in [5.74, 6) is 0. The Morgan fingerprint density at radius 3 is 1.74 bits per heavy atom. The van der Waals surface area contributed by atoms with Gasteiger partial charge in [0.05, 0.1) is 11.4 Å². The molecule has 0 fully saturated rings. The first-order valence-corrected chi connectivity index (χ1v) is 7.90. The third kappa shape index (κ3) is 3.86. The van der Waals surface area contributed by atoms with E-state index >= 15 is 0 Å². The van der Waals surface area contributed by atoms with Crippen molar-refractivity contribution >= 4 is 11.4 Å². The first kappa shape index (κ1) is 15.0. The molecule has 0 radical (unpaired) electrons. The highest BCUT2D eigenvalue weighted by Crippen LogP contribution is 2.14. The Bertz CT molecular complexity index is 718. The molecule has 114 valence electrons. The number of hydrogen-bond acceptors (Lipinski definition) is 2. The van der Waals surface area contributed by atoms with Crippen LogP contribution in [0.25, 0.3) is 0 Å². The Hall–Kier alpha value is -2.87. The number of aryl methyl sites for hydroxylation is 1. The standard InChI is InChI=1S/C21H20N2/c1-2-17-13-15-20(16-14-17)22-23-21(18-9-5-3-6-10-18)19-11-7-4-8-12-19/h3-16,22H,2H2,1H3. The van der Waals surface area contributed by atoms with E-state index in [0.29, 0.717) is 0 Å². The lowest BCUT2D eigenvalue weighted by molar-refractivity contribution is 1.14. The Morgan fingerprint density at radius 2 is 1.26 bits per heavy atom. The Kier molecular flexibility index (Phi) is 4.85. The summed E-state index contributed by atoms with van der Waals surface area (Å²) in [7, 11) is 0. The molecule has 0 aliphatic rings. The molecule has 0 aliphatic carbocycles. The predicted octanol–water partition coefficient (Wildman–Crippen LogP) is 5.11. The van der Waals surface area contributed by atoms with Crippen LogP contribution in [-0.4, -0.2) is 5.71 Å². The minimum absolute atomic E-state index is 0.936. The van der Waals surface area contributed by atoms with Gasteiger partial charge in [-0.05, 0) is 24.1 Å². The Labute approximate surface area is 137 Å². The molecule has 23 heavy (non-hydrogen) atoms. The zero-order chi connectivity index (χ0) is 15.9. The van der Waals surface area contributed by atoms with Gasteiger partial charge in [0.25, 0.3) is 0 Å². The van der Waals surface area contributed by atoms with Crippen LogP contribution in [0.5, 0.6) is 0 Å². The molecule has 1 N–H and O–H groups in total. The summed E-state index contributed by atoms with van der Waals surface area (Å²) < 4.78 is 0. The summed E-state index contributed by atoms with van der Waals surface area (Å²) >= 11 is 0. The zero-order valence-corrected chi connectivity index (χ0v) is 13.2. The van der Waals surface area contributed by atoms with E-state index in [1.54, 1.807) is 0 Å². The number of nitrogens with zero attached hydrogens (tertiary/aromatic N) is 1. The second-order valence-corrected chi connectivity index (χ2v) is 5.35. The lowest BCUT2D eigenvalue weighted by Crippen LogP contribution is -2.06. The molecule has 0 amide bonds. The van der Waals surface area contributed by atoms with Gasteiger partial charge in [0.15, 0.2) is 0 Å². The first-order chi connectivity index (χ1) is 11.4. The summed E-state index contributed by atoms with van der Waals surface area (Å²) in [5, 5.41) is 4.66. The molecule has 2 nitrogen and oxygen atoms in total. The van der Waals surface area contributed by atoms with Gasteiger partial charge in [-0.15, -0.1) is 0 Å². The summed E-state index contributed by atoms with van der Waals surface area (Å²) in [6, 6.07) is 28.9. The fourth-order valence-electron chi connectivity index (χ4n) is 2.42. The fraction of sp³-hybridized carbons (Fsp3) is 0.0952. The SMILES string of the molecule is CCc1ccc(NN=C(c2ccccc2)c2ccccc2)cc1. The van der Waals surface area contributed by atoms with Crippen LogP contribution in [-0.2, 0) is 6.42 Å². The highest BCUT2D eigenvalue weighted by atomic mass is 15.3. The van der Waals surface area contributed by atoms with Gasteiger partial charge in [-0.3, -0.25) is 5.43 Å². The maximum atomic E-state index is 4.66. The van der Waals surface area contributed by atoms with E-state index < -0.39 is 0 Å². The van der Waals surface area contributed by atoms with Crippen molar-refractivity contribution in [1.29, 1.82) is 0 Å². The van der Waals surface area contributed by atoms with E-state index in [4.69, 9.17) is 0 Å². The van der Waals surface area contributed by atoms with Gasteiger partial charge in [0.2, 0.25) is 0 Å². The highest BCUT2D eigenvalue weighted by molar-refractivity contribution is 6.13. The number of nitrogens with one attached hydrogen (secondary N) is 1. The largest absolute Gasteiger partial charge is 0.278 e. The van der Waals surface area contributed by atoms with Crippen LogP contribution in [0.4, 0.5) is 5.69 Å². The van der Waals surface area contributed by atoms with E-state index in [1.165, 1.54) is 5.56 Å². The molecule has 0 saturated carbocycles. The lowest BCUT2D eigenvalue weighted by Gasteiger charge is -2.09. The molecule has 2 heteroatoms. The Balaban J connectivity index is 1.91. The van der Waals surface area contributed by atoms with Gasteiger partial charge in [-0.2, -0.15) is 5.10 Å². The van der Waals surface area contributed by atoms with Crippen LogP contribution in [0.2, 0.25) is 0 Å². The van der Waals surface area contributed by atoms with Gasteiger partial charge in [-0.1, -0.05) is 79.7 Å².